The maximum atomic E-state index is 14.7. The third-order valence-corrected chi connectivity index (χ3v) is 4.69. The maximum Gasteiger partial charge on any atom is 0.410 e. The number of rotatable bonds is 5. The molecule has 10 heteroatoms. The van der Waals surface area contributed by atoms with Crippen LogP contribution in [-0.2, 0) is 4.74 Å². The quantitative estimate of drug-likeness (QED) is 0.529. The van der Waals surface area contributed by atoms with Crippen LogP contribution in [0.1, 0.15) is 39.3 Å². The molecule has 1 fully saturated rings. The number of piperidine rings is 1. The third kappa shape index (κ3) is 6.04. The first kappa shape index (κ1) is 23.4. The van der Waals surface area contributed by atoms with Crippen molar-refractivity contribution in [2.45, 2.75) is 45.3 Å². The largest absolute Gasteiger partial charge is 0.444 e. The summed E-state index contributed by atoms with van der Waals surface area (Å²) in [5, 5.41) is 11.3. The van der Waals surface area contributed by atoms with Gasteiger partial charge in [-0.25, -0.2) is 14.2 Å². The lowest BCUT2D eigenvalue weighted by Crippen LogP contribution is -2.47. The molecule has 1 aliphatic heterocycles. The van der Waals surface area contributed by atoms with Gasteiger partial charge in [0.1, 0.15) is 11.3 Å². The molecule has 1 aromatic heterocycles. The van der Waals surface area contributed by atoms with Crippen molar-refractivity contribution in [1.82, 2.24) is 14.8 Å². The molecule has 0 saturated carbocycles. The predicted octanol–water partition coefficient (Wildman–Crippen LogP) is 3.50. The van der Waals surface area contributed by atoms with Gasteiger partial charge < -0.3 is 19.4 Å². The van der Waals surface area contributed by atoms with E-state index in [0.29, 0.717) is 25.9 Å². The molecule has 0 unspecified atom stereocenters. The second-order valence-electron chi connectivity index (χ2n) is 8.54. The van der Waals surface area contributed by atoms with Gasteiger partial charge >= 0.3 is 6.09 Å². The van der Waals surface area contributed by atoms with Crippen molar-refractivity contribution in [1.29, 1.82) is 0 Å². The van der Waals surface area contributed by atoms with Crippen LogP contribution in [-0.4, -0.2) is 71.7 Å². The van der Waals surface area contributed by atoms with E-state index in [1.54, 1.807) is 42.0 Å². The number of halogens is 1. The molecule has 0 bridgehead atoms. The minimum Gasteiger partial charge on any atom is -0.444 e. The first-order valence-electron chi connectivity index (χ1n) is 9.79. The number of anilines is 1. The van der Waals surface area contributed by atoms with Crippen LogP contribution in [0, 0.1) is 15.9 Å². The molecule has 0 atom stereocenters. The molecule has 0 N–H and O–H groups in total. The molecule has 166 valence electrons. The Hall–Kier alpha value is -2.91. The number of carbonyl (C=O) groups excluding carboxylic acids is 1. The van der Waals surface area contributed by atoms with Crippen LogP contribution in [0.15, 0.2) is 12.3 Å². The van der Waals surface area contributed by atoms with Gasteiger partial charge in [-0.05, 0) is 39.7 Å². The van der Waals surface area contributed by atoms with E-state index in [2.05, 4.69) is 4.98 Å². The minimum atomic E-state index is -0.749. The van der Waals surface area contributed by atoms with Crippen LogP contribution in [0.25, 0.3) is 6.08 Å². The first-order valence-corrected chi connectivity index (χ1v) is 9.79. The molecule has 1 aliphatic rings. The molecule has 0 radical (unpaired) electrons. The van der Waals surface area contributed by atoms with Crippen molar-refractivity contribution in [2.75, 3.05) is 39.1 Å². The second kappa shape index (κ2) is 9.27. The molecule has 1 aromatic rings. The summed E-state index contributed by atoms with van der Waals surface area (Å²) in [6.45, 7) is 6.40. The Bertz CT molecular complexity index is 814. The van der Waals surface area contributed by atoms with Crippen LogP contribution in [0.5, 0.6) is 0 Å². The lowest BCUT2D eigenvalue weighted by molar-refractivity contribution is -0.385. The maximum absolute atomic E-state index is 14.7. The summed E-state index contributed by atoms with van der Waals surface area (Å²) in [5.41, 5.74) is -0.863. The molecule has 0 aromatic carbocycles. The number of hydrogen-bond donors (Lipinski definition) is 0. The number of amides is 1. The summed E-state index contributed by atoms with van der Waals surface area (Å²) in [6.07, 6.45) is 3.96. The number of likely N-dealkylation sites (tertiary alicyclic amines) is 1. The fraction of sp³-hybridized carbons (Fsp3) is 0.600. The normalized spacial score (nSPS) is 15.4. The standard InChI is InChI=1S/C20H30FN5O4/c1-20(2,3)30-19(27)25-11-7-14(8-12-25)24(6)18-15(21)13-17(26(28)29)16(22-18)9-10-23(4)5/h9-10,13-14H,7-8,11-12H2,1-6H3/b10-9+. The lowest BCUT2D eigenvalue weighted by atomic mass is 10.0. The molecule has 1 amide bonds. The number of carbonyl (C=O) groups is 1. The highest BCUT2D eigenvalue weighted by Crippen LogP contribution is 2.29. The van der Waals surface area contributed by atoms with E-state index < -0.39 is 16.3 Å². The highest BCUT2D eigenvalue weighted by molar-refractivity contribution is 5.68. The zero-order chi connectivity index (χ0) is 22.6. The van der Waals surface area contributed by atoms with Crippen molar-refractivity contribution in [2.24, 2.45) is 0 Å². The Kier molecular flexibility index (Phi) is 7.22. The van der Waals surface area contributed by atoms with Crippen LogP contribution >= 0.6 is 0 Å². The summed E-state index contributed by atoms with van der Waals surface area (Å²) in [7, 11) is 5.26. The fourth-order valence-electron chi connectivity index (χ4n) is 3.15. The zero-order valence-corrected chi connectivity index (χ0v) is 18.4. The van der Waals surface area contributed by atoms with Crippen molar-refractivity contribution in [3.05, 3.63) is 33.9 Å². The Labute approximate surface area is 176 Å². The van der Waals surface area contributed by atoms with E-state index in [4.69, 9.17) is 4.74 Å². The number of aromatic nitrogens is 1. The number of pyridine rings is 1. The van der Waals surface area contributed by atoms with E-state index >= 15 is 0 Å². The van der Waals surface area contributed by atoms with Gasteiger partial charge in [0, 0.05) is 46.5 Å². The fourth-order valence-corrected chi connectivity index (χ4v) is 3.15. The predicted molar refractivity (Wildman–Crippen MR) is 113 cm³/mol. The van der Waals surface area contributed by atoms with Gasteiger partial charge in [0.2, 0.25) is 0 Å². The van der Waals surface area contributed by atoms with E-state index in [9.17, 15) is 19.3 Å². The van der Waals surface area contributed by atoms with Gasteiger partial charge in [0.25, 0.3) is 5.69 Å². The zero-order valence-electron chi connectivity index (χ0n) is 18.4. The average molecular weight is 423 g/mol. The Morgan fingerprint density at radius 1 is 1.33 bits per heavy atom. The van der Waals surface area contributed by atoms with Gasteiger partial charge in [-0.15, -0.1) is 0 Å². The average Bonchev–Trinajstić information content (AvgIpc) is 2.64. The lowest BCUT2D eigenvalue weighted by Gasteiger charge is -2.37. The van der Waals surface area contributed by atoms with E-state index in [1.807, 2.05) is 20.8 Å². The van der Waals surface area contributed by atoms with Crippen molar-refractivity contribution in [3.63, 3.8) is 0 Å². The molecule has 0 aliphatic carbocycles. The molecule has 2 rings (SSSR count). The van der Waals surface area contributed by atoms with Crippen molar-refractivity contribution >= 4 is 23.7 Å². The van der Waals surface area contributed by atoms with E-state index in [-0.39, 0.29) is 29.3 Å². The summed E-state index contributed by atoms with van der Waals surface area (Å²) in [6, 6.07) is 0.849. The Morgan fingerprint density at radius 3 is 2.43 bits per heavy atom. The molecule has 0 spiro atoms. The Balaban J connectivity index is 2.17. The molecular formula is C20H30FN5O4. The summed E-state index contributed by atoms with van der Waals surface area (Å²) < 4.78 is 20.1. The topological polar surface area (TPSA) is 92.1 Å². The highest BCUT2D eigenvalue weighted by atomic mass is 19.1. The smallest absolute Gasteiger partial charge is 0.410 e. The van der Waals surface area contributed by atoms with Crippen molar-refractivity contribution < 1.29 is 18.8 Å². The molecular weight excluding hydrogens is 393 g/mol. The van der Waals surface area contributed by atoms with Crippen LogP contribution in [0.3, 0.4) is 0 Å². The van der Waals surface area contributed by atoms with E-state index in [1.165, 1.54) is 6.08 Å². The first-order chi connectivity index (χ1) is 13.9. The summed E-state index contributed by atoms with van der Waals surface area (Å²) in [4.78, 5) is 32.2. The highest BCUT2D eigenvalue weighted by Gasteiger charge is 2.30. The minimum absolute atomic E-state index is 0.0507. The van der Waals surface area contributed by atoms with E-state index in [0.717, 1.165) is 6.07 Å². The second-order valence-corrected chi connectivity index (χ2v) is 8.54. The third-order valence-electron chi connectivity index (χ3n) is 4.69. The SMILES string of the molecule is CN(C)/C=C/c1nc(N(C)C2CCN(C(=O)OC(C)(C)C)CC2)c(F)cc1[N+](=O)[O-]. The Morgan fingerprint density at radius 2 is 1.93 bits per heavy atom. The summed E-state index contributed by atoms with van der Waals surface area (Å²) >= 11 is 0. The summed E-state index contributed by atoms with van der Waals surface area (Å²) in [5.74, 6) is -0.699. The van der Waals surface area contributed by atoms with Gasteiger partial charge in [-0.1, -0.05) is 0 Å². The number of nitrogens with zero attached hydrogens (tertiary/aromatic N) is 5. The van der Waals surface area contributed by atoms with Gasteiger partial charge in [-0.3, -0.25) is 10.1 Å². The van der Waals surface area contributed by atoms with Gasteiger partial charge in [0.15, 0.2) is 11.6 Å². The number of ether oxygens (including phenoxy) is 1. The monoisotopic (exact) mass is 423 g/mol. The molecule has 1 saturated heterocycles. The van der Waals surface area contributed by atoms with Crippen LogP contribution in [0.2, 0.25) is 0 Å². The molecule has 9 nitrogen and oxygen atoms in total. The molecule has 2 heterocycles. The van der Waals surface area contributed by atoms with Gasteiger partial charge in [0.05, 0.1) is 11.0 Å². The van der Waals surface area contributed by atoms with Crippen LogP contribution < -0.4 is 4.90 Å². The number of hydrogen-bond acceptors (Lipinski definition) is 7. The van der Waals surface area contributed by atoms with Crippen LogP contribution in [0.4, 0.5) is 20.7 Å². The molecule has 30 heavy (non-hydrogen) atoms. The van der Waals surface area contributed by atoms with Gasteiger partial charge in [-0.2, -0.15) is 0 Å². The number of nitro groups is 1. The van der Waals surface area contributed by atoms with Crippen molar-refractivity contribution in [3.8, 4) is 0 Å².